The lowest BCUT2D eigenvalue weighted by Gasteiger charge is -2.41. The Morgan fingerprint density at radius 1 is 0.693 bits per heavy atom. The molecule has 35 heteroatoms. The highest BCUT2D eigenvalue weighted by Crippen LogP contribution is 2.31. The number of anilines is 1. The number of benzene rings is 2. The standard InChI is InChI=1S/C79H122N14O19S2/c1-14-53(6)68(62(104-11)47-65(95)93-32-19-23-61(93)69(105-12)54(7)70(96)88-59(74-82-31-45-114-74)46-55-20-16-15-17-21-55)92(10)75(100)67(52(4)5)90-76(101)79(8,9)91-78(103)112-50-56-24-26-57(27-25-56)86-72(98)58(22-18-29-83-77(80)102)87-73(99)66(51(2)3)89-63(94)28-33-106-35-37-108-39-41-110-43-44-111-42-40-109-38-36-107-34-30-81-71(97)60-48-85-64(113-13)49-84-60/h15-17,20-21,24-27,31,45,48-49,51-54,58-59,61-62,66-69H,14,18-19,22-23,28-30,32-44,46-47,50H2,1-13H3,(H,81,97)(H,86,98)(H,87,99)(H,88,96)(H,89,94)(H,90,101)(H,91,103)(H3,80,83,102)/t53-,54+,58-,59-,61-,62+,66-,67-,68-,69?/m0/s1. The third-order valence-corrected chi connectivity index (χ3v) is 20.7. The molecular weight excluding hydrogens is 1510 g/mol. The van der Waals surface area contributed by atoms with E-state index in [1.54, 1.807) is 88.3 Å². The molecule has 634 valence electrons. The molecule has 114 heavy (non-hydrogen) atoms. The number of hydrogen-bond acceptors (Lipinski definition) is 24. The number of likely N-dealkylation sites (tertiary alicyclic amines) is 1. The lowest BCUT2D eigenvalue weighted by Crippen LogP contribution is -2.62. The highest BCUT2D eigenvalue weighted by atomic mass is 32.2. The number of carbonyl (C=O) groups excluding carboxylic acids is 10. The number of hydrogen-bond donors (Lipinski definition) is 9. The van der Waals surface area contributed by atoms with E-state index in [1.807, 2.05) is 62.7 Å². The molecule has 5 rings (SSSR count). The van der Waals surface area contributed by atoms with E-state index in [2.05, 4.69) is 57.5 Å². The van der Waals surface area contributed by atoms with Crippen LogP contribution in [0.1, 0.15) is 140 Å². The maximum Gasteiger partial charge on any atom is 0.408 e. The third-order valence-electron chi connectivity index (χ3n) is 19.2. The molecule has 33 nitrogen and oxygen atoms in total. The van der Waals surface area contributed by atoms with Crippen LogP contribution in [0.5, 0.6) is 0 Å². The van der Waals surface area contributed by atoms with Gasteiger partial charge in [0, 0.05) is 64.6 Å². The molecule has 1 aliphatic rings. The van der Waals surface area contributed by atoms with Crippen molar-refractivity contribution in [2.24, 2.45) is 29.4 Å². The van der Waals surface area contributed by atoms with Gasteiger partial charge in [-0.1, -0.05) is 97.4 Å². The van der Waals surface area contributed by atoms with Gasteiger partial charge >= 0.3 is 12.1 Å². The van der Waals surface area contributed by atoms with Gasteiger partial charge in [-0.05, 0) is 93.2 Å². The summed E-state index contributed by atoms with van der Waals surface area (Å²) in [5, 5.41) is 25.6. The Morgan fingerprint density at radius 3 is 1.87 bits per heavy atom. The summed E-state index contributed by atoms with van der Waals surface area (Å²) in [5.41, 5.74) is 5.80. The zero-order chi connectivity index (χ0) is 83.5. The summed E-state index contributed by atoms with van der Waals surface area (Å²) in [4.78, 5) is 152. The zero-order valence-electron chi connectivity index (χ0n) is 68.3. The topological polar surface area (TPSA) is 421 Å². The van der Waals surface area contributed by atoms with Crippen LogP contribution in [-0.4, -0.2) is 259 Å². The molecule has 1 saturated heterocycles. The number of aromatic nitrogens is 3. The van der Waals surface area contributed by atoms with Crippen LogP contribution in [0.3, 0.4) is 0 Å². The lowest BCUT2D eigenvalue weighted by molar-refractivity contribution is -0.148. The Labute approximate surface area is 678 Å². The summed E-state index contributed by atoms with van der Waals surface area (Å²) in [5.74, 6) is -5.17. The van der Waals surface area contributed by atoms with Crippen molar-refractivity contribution in [2.75, 3.05) is 132 Å². The fourth-order valence-electron chi connectivity index (χ4n) is 12.6. The number of urea groups is 1. The summed E-state index contributed by atoms with van der Waals surface area (Å²) in [6.07, 6.45) is 6.88. The quantitative estimate of drug-likeness (QED) is 0.0187. The van der Waals surface area contributed by atoms with Gasteiger partial charge in [-0.25, -0.2) is 24.5 Å². The number of primary amides is 1. The van der Waals surface area contributed by atoms with Crippen molar-refractivity contribution in [1.82, 2.24) is 62.0 Å². The number of nitrogens with two attached hydrogens (primary N) is 1. The number of amides is 11. The van der Waals surface area contributed by atoms with Crippen molar-refractivity contribution in [3.63, 3.8) is 0 Å². The molecule has 0 radical (unpaired) electrons. The molecule has 0 saturated carbocycles. The monoisotopic (exact) mass is 1630 g/mol. The minimum atomic E-state index is -1.60. The van der Waals surface area contributed by atoms with Crippen LogP contribution >= 0.6 is 23.1 Å². The molecule has 3 heterocycles. The predicted molar refractivity (Wildman–Crippen MR) is 430 cm³/mol. The molecule has 1 unspecified atom stereocenters. The smallest absolute Gasteiger partial charge is 0.408 e. The van der Waals surface area contributed by atoms with Crippen molar-refractivity contribution in [3.05, 3.63) is 100 Å². The van der Waals surface area contributed by atoms with Gasteiger partial charge in [-0.2, -0.15) is 0 Å². The lowest BCUT2D eigenvalue weighted by atomic mass is 9.89. The van der Waals surface area contributed by atoms with Crippen molar-refractivity contribution < 1.29 is 90.6 Å². The maximum atomic E-state index is 14.8. The molecule has 2 aromatic carbocycles. The Balaban J connectivity index is 1.02. The first-order chi connectivity index (χ1) is 54.6. The average molecular weight is 1640 g/mol. The number of alkyl carbamates (subject to hydrolysis) is 1. The van der Waals surface area contributed by atoms with Crippen LogP contribution in [0.15, 0.2) is 83.6 Å². The van der Waals surface area contributed by atoms with E-state index in [1.165, 1.54) is 50.3 Å². The minimum Gasteiger partial charge on any atom is -0.445 e. The number of nitrogens with zero attached hydrogens (tertiary/aromatic N) is 5. The molecule has 0 spiro atoms. The Hall–Kier alpha value is -8.52. The van der Waals surface area contributed by atoms with Gasteiger partial charge in [-0.15, -0.1) is 23.1 Å². The van der Waals surface area contributed by atoms with Gasteiger partial charge in [0.15, 0.2) is 0 Å². The second kappa shape index (κ2) is 52.1. The second-order valence-corrected chi connectivity index (χ2v) is 30.6. The van der Waals surface area contributed by atoms with Crippen LogP contribution in [0, 0.1) is 23.7 Å². The summed E-state index contributed by atoms with van der Waals surface area (Å²) in [6, 6.07) is 10.8. The molecule has 4 aromatic rings. The van der Waals surface area contributed by atoms with Crippen LogP contribution in [-0.2, 0) is 89.2 Å². The molecule has 1 aliphatic heterocycles. The van der Waals surface area contributed by atoms with E-state index >= 15 is 0 Å². The van der Waals surface area contributed by atoms with Gasteiger partial charge in [0.1, 0.15) is 46.0 Å². The first kappa shape index (κ1) is 96.1. The number of nitrogens with one attached hydrogen (secondary N) is 8. The summed E-state index contributed by atoms with van der Waals surface area (Å²) >= 11 is 2.91. The van der Waals surface area contributed by atoms with Gasteiger partial charge in [0.05, 0.1) is 134 Å². The summed E-state index contributed by atoms with van der Waals surface area (Å²) < 4.78 is 50.9. The first-order valence-electron chi connectivity index (χ1n) is 38.9. The van der Waals surface area contributed by atoms with Gasteiger partial charge in [0.2, 0.25) is 41.4 Å². The van der Waals surface area contributed by atoms with Crippen molar-refractivity contribution >= 4 is 88.2 Å². The molecule has 10 N–H and O–H groups in total. The van der Waals surface area contributed by atoms with Crippen molar-refractivity contribution in [1.29, 1.82) is 0 Å². The summed E-state index contributed by atoms with van der Waals surface area (Å²) in [6.45, 7) is 20.1. The van der Waals surface area contributed by atoms with Gasteiger partial charge < -0.3 is 101 Å². The number of likely N-dealkylation sites (N-methyl/N-ethyl adjacent to an activating group) is 1. The number of thioether (sulfide) groups is 1. The van der Waals surface area contributed by atoms with Crippen LogP contribution in [0.25, 0.3) is 0 Å². The Kier molecular flexibility index (Phi) is 43.9. The number of thiazole rings is 1. The fourth-order valence-corrected chi connectivity index (χ4v) is 13.6. The number of ether oxygens (including phenoxy) is 9. The normalized spacial score (nSPS) is 15.3. The van der Waals surface area contributed by atoms with Crippen LogP contribution in [0.4, 0.5) is 15.3 Å². The molecule has 1 fully saturated rings. The fraction of sp³-hybridized carbons (Fsp3) is 0.633. The minimum absolute atomic E-state index is 0.0511. The van der Waals surface area contributed by atoms with Crippen molar-refractivity contribution in [3.8, 4) is 0 Å². The predicted octanol–water partition coefficient (Wildman–Crippen LogP) is 5.75. The SMILES string of the molecule is CC[C@H](C)[C@@H]([C@@H](CC(=O)N1CCC[C@H]1C(OC)[C@@H](C)C(=O)N[C@@H](Cc1ccccc1)c1nccs1)OC)N(C)C(=O)[C@@H](NC(=O)C(C)(C)NC(=O)OCc1ccc(NC(=O)[C@H](CCCNC(N)=O)NC(=O)[C@@H](NC(=O)CCOCCOCCOCCOCCOCCOCCNC(=O)c2cnc(SC)cn2)C(C)C)cc1)C(C)C. The average Bonchev–Trinajstić information content (AvgIpc) is 1.47. The third kappa shape index (κ3) is 33.7. The molecule has 2 aromatic heterocycles. The molecule has 0 aliphatic carbocycles. The maximum absolute atomic E-state index is 14.8. The van der Waals surface area contributed by atoms with E-state index in [0.717, 1.165) is 15.6 Å². The highest BCUT2D eigenvalue weighted by molar-refractivity contribution is 7.98. The Morgan fingerprint density at radius 2 is 1.32 bits per heavy atom. The van der Waals surface area contributed by atoms with Gasteiger partial charge in [0.25, 0.3) is 5.91 Å². The highest BCUT2D eigenvalue weighted by Gasteiger charge is 2.44. The number of rotatable bonds is 55. The van der Waals surface area contributed by atoms with E-state index in [4.69, 9.17) is 48.4 Å². The van der Waals surface area contributed by atoms with Crippen molar-refractivity contribution in [2.45, 2.75) is 179 Å². The largest absolute Gasteiger partial charge is 0.445 e. The van der Waals surface area contributed by atoms with E-state index in [9.17, 15) is 47.9 Å². The Bertz CT molecular complexity index is 3550. The van der Waals surface area contributed by atoms with E-state index in [0.29, 0.717) is 109 Å². The van der Waals surface area contributed by atoms with E-state index < -0.39 is 107 Å². The molecule has 0 bridgehead atoms. The summed E-state index contributed by atoms with van der Waals surface area (Å²) in [7, 11) is 4.69. The van der Waals surface area contributed by atoms with E-state index in [-0.39, 0.29) is 94.0 Å². The second-order valence-electron chi connectivity index (χ2n) is 28.8. The van der Waals surface area contributed by atoms with Gasteiger partial charge in [-0.3, -0.25) is 38.4 Å². The van der Waals surface area contributed by atoms with Crippen LogP contribution < -0.4 is 48.3 Å². The number of carbonyl (C=O) groups is 10. The molecular formula is C79H122N14O19S2. The molecule has 10 atom stereocenters. The number of methoxy groups -OCH3 is 2. The van der Waals surface area contributed by atoms with Crippen LogP contribution in [0.2, 0.25) is 0 Å². The molecule has 11 amide bonds. The first-order valence-corrected chi connectivity index (χ1v) is 41.0. The zero-order valence-corrected chi connectivity index (χ0v) is 69.9.